The number of anilines is 1. The van der Waals surface area contributed by atoms with Crippen molar-refractivity contribution >= 4 is 30.0 Å². The summed E-state index contributed by atoms with van der Waals surface area (Å²) in [7, 11) is 1.37. The molecule has 0 radical (unpaired) electrons. The highest BCUT2D eigenvalue weighted by molar-refractivity contribution is 5.85. The summed E-state index contributed by atoms with van der Waals surface area (Å²) >= 11 is 0. The molecule has 2 rings (SSSR count). The molecule has 5 nitrogen and oxygen atoms in total. The van der Waals surface area contributed by atoms with Gasteiger partial charge in [-0.1, -0.05) is 18.2 Å². The van der Waals surface area contributed by atoms with Crippen LogP contribution in [0.1, 0.15) is 31.2 Å². The molecule has 0 saturated carbocycles. The smallest absolute Gasteiger partial charge is 0.328 e. The first kappa shape index (κ1) is 18.3. The second-order valence-corrected chi connectivity index (χ2v) is 5.32. The molecule has 22 heavy (non-hydrogen) atoms. The molecule has 1 unspecified atom stereocenters. The molecule has 6 heteroatoms. The van der Waals surface area contributed by atoms with Crippen LogP contribution in [0.3, 0.4) is 0 Å². The summed E-state index contributed by atoms with van der Waals surface area (Å²) in [5.74, 6) is -0.323. The number of nitrogens with zero attached hydrogens (tertiary/aromatic N) is 1. The number of methoxy groups -OCH3 is 1. The Morgan fingerprint density at radius 2 is 2.05 bits per heavy atom. The number of amides is 1. The van der Waals surface area contributed by atoms with Crippen molar-refractivity contribution in [2.24, 2.45) is 0 Å². The third kappa shape index (κ3) is 4.37. The number of nitrogens with two attached hydrogens (primary N) is 1. The van der Waals surface area contributed by atoms with Crippen molar-refractivity contribution in [1.29, 1.82) is 0 Å². The molecule has 1 fully saturated rings. The van der Waals surface area contributed by atoms with Crippen molar-refractivity contribution in [3.63, 3.8) is 0 Å². The summed E-state index contributed by atoms with van der Waals surface area (Å²) < 4.78 is 4.80. The van der Waals surface area contributed by atoms with E-state index in [1.54, 1.807) is 4.90 Å². The predicted molar refractivity (Wildman–Crippen MR) is 87.8 cm³/mol. The van der Waals surface area contributed by atoms with Gasteiger partial charge >= 0.3 is 5.97 Å². The summed E-state index contributed by atoms with van der Waals surface area (Å²) in [5, 5.41) is 0. The van der Waals surface area contributed by atoms with Gasteiger partial charge in [-0.2, -0.15) is 0 Å². The van der Waals surface area contributed by atoms with Gasteiger partial charge in [0, 0.05) is 18.7 Å². The van der Waals surface area contributed by atoms with Crippen LogP contribution in [0.15, 0.2) is 24.3 Å². The van der Waals surface area contributed by atoms with Crippen molar-refractivity contribution in [3.8, 4) is 0 Å². The number of piperidine rings is 1. The second kappa shape index (κ2) is 8.63. The molecule has 1 aromatic carbocycles. The molecule has 1 aliphatic heterocycles. The Morgan fingerprint density at radius 3 is 2.73 bits per heavy atom. The van der Waals surface area contributed by atoms with Crippen molar-refractivity contribution in [2.45, 2.75) is 38.1 Å². The standard InChI is InChI=1S/C16H22N2O3.ClH/c1-21-16(20)14-8-4-5-11-18(14)15(19)10-9-12-6-2-3-7-13(12)17;/h2-3,6-7,14H,4-5,8-11,17H2,1H3;1H. The Kier molecular flexibility index (Phi) is 7.18. The fourth-order valence-corrected chi connectivity index (χ4v) is 2.76. The first-order valence-corrected chi connectivity index (χ1v) is 7.34. The summed E-state index contributed by atoms with van der Waals surface area (Å²) in [4.78, 5) is 25.8. The van der Waals surface area contributed by atoms with Crippen LogP contribution in [0.5, 0.6) is 0 Å². The van der Waals surface area contributed by atoms with E-state index in [1.165, 1.54) is 7.11 Å². The molecule has 1 aromatic rings. The average Bonchev–Trinajstić information content (AvgIpc) is 2.53. The third-order valence-electron chi connectivity index (χ3n) is 3.96. The van der Waals surface area contributed by atoms with Crippen molar-refractivity contribution in [2.75, 3.05) is 19.4 Å². The molecule has 1 amide bonds. The van der Waals surface area contributed by atoms with Gasteiger partial charge in [0.2, 0.25) is 5.91 Å². The van der Waals surface area contributed by atoms with E-state index in [-0.39, 0.29) is 24.3 Å². The lowest BCUT2D eigenvalue weighted by atomic mass is 10.0. The van der Waals surface area contributed by atoms with Gasteiger partial charge in [0.15, 0.2) is 0 Å². The summed E-state index contributed by atoms with van der Waals surface area (Å²) in [5.41, 5.74) is 7.56. The Balaban J connectivity index is 0.00000242. The van der Waals surface area contributed by atoms with Crippen molar-refractivity contribution in [3.05, 3.63) is 29.8 Å². The predicted octanol–water partition coefficient (Wildman–Crippen LogP) is 2.18. The minimum absolute atomic E-state index is 0. The maximum Gasteiger partial charge on any atom is 0.328 e. The van der Waals surface area contributed by atoms with Gasteiger partial charge in [0.05, 0.1) is 7.11 Å². The monoisotopic (exact) mass is 326 g/mol. The maximum atomic E-state index is 12.4. The SMILES string of the molecule is COC(=O)C1CCCCN1C(=O)CCc1ccccc1N.Cl. The largest absolute Gasteiger partial charge is 0.467 e. The van der Waals surface area contributed by atoms with Crippen LogP contribution in [0.25, 0.3) is 0 Å². The molecule has 0 bridgehead atoms. The Hall–Kier alpha value is -1.75. The van der Waals surface area contributed by atoms with E-state index in [9.17, 15) is 9.59 Å². The molecule has 1 aliphatic rings. The molecule has 2 N–H and O–H groups in total. The van der Waals surface area contributed by atoms with Crippen molar-refractivity contribution in [1.82, 2.24) is 4.90 Å². The fourth-order valence-electron chi connectivity index (χ4n) is 2.76. The number of nitrogen functional groups attached to an aromatic ring is 1. The quantitative estimate of drug-likeness (QED) is 0.680. The van der Waals surface area contributed by atoms with Gasteiger partial charge in [-0.15, -0.1) is 12.4 Å². The van der Waals surface area contributed by atoms with Crippen LogP contribution in [-0.2, 0) is 20.7 Å². The molecule has 0 aromatic heterocycles. The first-order valence-electron chi connectivity index (χ1n) is 7.34. The molecule has 1 atom stereocenters. The molecule has 1 saturated heterocycles. The number of ether oxygens (including phenoxy) is 1. The van der Waals surface area contributed by atoms with Crippen LogP contribution in [-0.4, -0.2) is 36.5 Å². The number of para-hydroxylation sites is 1. The summed E-state index contributed by atoms with van der Waals surface area (Å²) in [6, 6.07) is 7.12. The van der Waals surface area contributed by atoms with E-state index in [1.807, 2.05) is 24.3 Å². The first-order chi connectivity index (χ1) is 10.1. The van der Waals surface area contributed by atoms with E-state index in [0.29, 0.717) is 31.5 Å². The van der Waals surface area contributed by atoms with E-state index < -0.39 is 6.04 Å². The normalized spacial score (nSPS) is 17.5. The lowest BCUT2D eigenvalue weighted by Crippen LogP contribution is -2.48. The number of hydrogen-bond donors (Lipinski definition) is 1. The van der Waals surface area contributed by atoms with E-state index in [2.05, 4.69) is 0 Å². The summed E-state index contributed by atoms with van der Waals surface area (Å²) in [6.07, 6.45) is 3.53. The third-order valence-corrected chi connectivity index (χ3v) is 3.96. The molecule has 0 spiro atoms. The van der Waals surface area contributed by atoms with Crippen LogP contribution < -0.4 is 5.73 Å². The zero-order valence-corrected chi connectivity index (χ0v) is 13.6. The zero-order chi connectivity index (χ0) is 15.2. The Morgan fingerprint density at radius 1 is 1.32 bits per heavy atom. The lowest BCUT2D eigenvalue weighted by molar-refractivity contribution is -0.154. The minimum Gasteiger partial charge on any atom is -0.467 e. The average molecular weight is 327 g/mol. The number of benzene rings is 1. The van der Waals surface area contributed by atoms with Gasteiger partial charge in [0.25, 0.3) is 0 Å². The van der Waals surface area contributed by atoms with E-state index >= 15 is 0 Å². The number of halogens is 1. The highest BCUT2D eigenvalue weighted by atomic mass is 35.5. The van der Waals surface area contributed by atoms with Gasteiger partial charge in [-0.25, -0.2) is 4.79 Å². The minimum atomic E-state index is -0.427. The Bertz CT molecular complexity index is 522. The van der Waals surface area contributed by atoms with Crippen molar-refractivity contribution < 1.29 is 14.3 Å². The van der Waals surface area contributed by atoms with Gasteiger partial charge in [-0.3, -0.25) is 4.79 Å². The number of carbonyl (C=O) groups excluding carboxylic acids is 2. The molecule has 0 aliphatic carbocycles. The van der Waals surface area contributed by atoms with E-state index in [4.69, 9.17) is 10.5 Å². The lowest BCUT2D eigenvalue weighted by Gasteiger charge is -2.33. The number of rotatable bonds is 4. The number of esters is 1. The fraction of sp³-hybridized carbons (Fsp3) is 0.500. The number of carbonyl (C=O) groups is 2. The maximum absolute atomic E-state index is 12.4. The Labute approximate surface area is 137 Å². The van der Waals surface area contributed by atoms with E-state index in [0.717, 1.165) is 18.4 Å². The van der Waals surface area contributed by atoms with Gasteiger partial charge in [-0.05, 0) is 37.3 Å². The van der Waals surface area contributed by atoms with Gasteiger partial charge < -0.3 is 15.4 Å². The topological polar surface area (TPSA) is 72.6 Å². The number of likely N-dealkylation sites (tertiary alicyclic amines) is 1. The van der Waals surface area contributed by atoms with Crippen LogP contribution in [0, 0.1) is 0 Å². The second-order valence-electron chi connectivity index (χ2n) is 5.32. The van der Waals surface area contributed by atoms with Crippen LogP contribution in [0.4, 0.5) is 5.69 Å². The van der Waals surface area contributed by atoms with Crippen LogP contribution >= 0.6 is 12.4 Å². The summed E-state index contributed by atoms with van der Waals surface area (Å²) in [6.45, 7) is 0.628. The highest BCUT2D eigenvalue weighted by Gasteiger charge is 2.32. The number of hydrogen-bond acceptors (Lipinski definition) is 4. The van der Waals surface area contributed by atoms with Gasteiger partial charge in [0.1, 0.15) is 6.04 Å². The molecule has 122 valence electrons. The zero-order valence-electron chi connectivity index (χ0n) is 12.8. The molecular weight excluding hydrogens is 304 g/mol. The molecule has 1 heterocycles. The highest BCUT2D eigenvalue weighted by Crippen LogP contribution is 2.20. The molecular formula is C16H23ClN2O3. The van der Waals surface area contributed by atoms with Crippen LogP contribution in [0.2, 0.25) is 0 Å². The number of aryl methyl sites for hydroxylation is 1.